The summed E-state index contributed by atoms with van der Waals surface area (Å²) in [6.07, 6.45) is 6.28. The number of rotatable bonds is 3. The molecule has 1 saturated heterocycles. The number of likely N-dealkylation sites (tertiary alicyclic amines) is 1. The van der Waals surface area contributed by atoms with Crippen molar-refractivity contribution < 1.29 is 9.53 Å². The minimum atomic E-state index is 0.00000798. The van der Waals surface area contributed by atoms with Gasteiger partial charge in [0.25, 0.3) is 0 Å². The zero-order valence-corrected chi connectivity index (χ0v) is 12.2. The topological polar surface area (TPSA) is 71.1 Å². The van der Waals surface area contributed by atoms with E-state index in [-0.39, 0.29) is 12.0 Å². The molecule has 1 N–H and O–H groups in total. The van der Waals surface area contributed by atoms with Crippen LogP contribution in [-0.2, 0) is 4.79 Å². The fourth-order valence-electron chi connectivity index (χ4n) is 2.48. The summed E-state index contributed by atoms with van der Waals surface area (Å²) in [5.74, 6) is 0.636. The summed E-state index contributed by atoms with van der Waals surface area (Å²) in [5, 5.41) is 0. The first-order chi connectivity index (χ1) is 10.1. The van der Waals surface area contributed by atoms with Gasteiger partial charge in [0.1, 0.15) is 11.8 Å². The molecule has 1 fully saturated rings. The molecule has 0 spiro atoms. The van der Waals surface area contributed by atoms with E-state index in [2.05, 4.69) is 15.0 Å². The molecule has 1 atom stereocenters. The number of hydrogen-bond acceptors (Lipinski definition) is 4. The van der Waals surface area contributed by atoms with Crippen LogP contribution in [0, 0.1) is 6.92 Å². The van der Waals surface area contributed by atoms with Crippen LogP contribution in [0.5, 0.6) is 5.88 Å². The molecular weight excluding hydrogens is 268 g/mol. The van der Waals surface area contributed by atoms with E-state index in [4.69, 9.17) is 4.74 Å². The highest BCUT2D eigenvalue weighted by atomic mass is 16.5. The Labute approximate surface area is 123 Å². The first kappa shape index (κ1) is 13.6. The minimum Gasteiger partial charge on any atom is -0.471 e. The monoisotopic (exact) mass is 286 g/mol. The van der Waals surface area contributed by atoms with Crippen LogP contribution >= 0.6 is 0 Å². The molecule has 1 aliphatic rings. The number of H-pyrrole nitrogens is 1. The summed E-state index contributed by atoms with van der Waals surface area (Å²) in [4.78, 5) is 25.0. The quantitative estimate of drug-likeness (QED) is 0.933. The van der Waals surface area contributed by atoms with Gasteiger partial charge in [-0.1, -0.05) is 0 Å². The summed E-state index contributed by atoms with van der Waals surface area (Å²) >= 11 is 0. The van der Waals surface area contributed by atoms with E-state index in [1.54, 1.807) is 18.0 Å². The molecule has 0 aliphatic carbocycles. The zero-order chi connectivity index (χ0) is 14.8. The number of carbonyl (C=O) groups excluding carboxylic acids is 1. The summed E-state index contributed by atoms with van der Waals surface area (Å²) in [6.45, 7) is 4.83. The maximum absolute atomic E-state index is 11.3. The second-order valence-electron chi connectivity index (χ2n) is 5.24. The third-order valence-electron chi connectivity index (χ3n) is 3.66. The first-order valence-electron chi connectivity index (χ1n) is 7.02. The fourth-order valence-corrected chi connectivity index (χ4v) is 2.48. The van der Waals surface area contributed by atoms with Crippen molar-refractivity contribution in [3.8, 4) is 17.1 Å². The molecule has 6 heteroatoms. The van der Waals surface area contributed by atoms with Crippen molar-refractivity contribution in [3.05, 3.63) is 30.4 Å². The number of amides is 1. The van der Waals surface area contributed by atoms with Crippen LogP contribution in [-0.4, -0.2) is 45.0 Å². The third-order valence-corrected chi connectivity index (χ3v) is 3.66. The lowest BCUT2D eigenvalue weighted by atomic mass is 10.2. The van der Waals surface area contributed by atoms with Gasteiger partial charge in [0.2, 0.25) is 11.8 Å². The Bertz CT molecular complexity index is 639. The van der Waals surface area contributed by atoms with Gasteiger partial charge in [0.15, 0.2) is 0 Å². The molecule has 3 heterocycles. The largest absolute Gasteiger partial charge is 0.471 e. The summed E-state index contributed by atoms with van der Waals surface area (Å²) in [7, 11) is 0. The lowest BCUT2D eigenvalue weighted by molar-refractivity contribution is -0.128. The molecule has 2 aromatic heterocycles. The van der Waals surface area contributed by atoms with Crippen molar-refractivity contribution in [2.24, 2.45) is 0 Å². The normalized spacial score (nSPS) is 18.0. The van der Waals surface area contributed by atoms with E-state index in [9.17, 15) is 4.79 Å². The van der Waals surface area contributed by atoms with Gasteiger partial charge in [-0.2, -0.15) is 0 Å². The molecule has 1 unspecified atom stereocenters. The van der Waals surface area contributed by atoms with Crippen LogP contribution in [0.4, 0.5) is 0 Å². The average molecular weight is 286 g/mol. The third kappa shape index (κ3) is 2.89. The maximum atomic E-state index is 11.3. The van der Waals surface area contributed by atoms with Gasteiger partial charge in [-0.05, 0) is 13.0 Å². The van der Waals surface area contributed by atoms with Crippen molar-refractivity contribution >= 4 is 5.91 Å². The Kier molecular flexibility index (Phi) is 3.60. The minimum absolute atomic E-state index is 0.00000798. The SMILES string of the molecule is CC(=O)N1CCC(Oc2ncc(-c3cc[nH]c3)nc2C)C1. The Morgan fingerprint density at radius 1 is 1.52 bits per heavy atom. The van der Waals surface area contributed by atoms with Crippen LogP contribution < -0.4 is 4.74 Å². The van der Waals surface area contributed by atoms with E-state index in [1.807, 2.05) is 25.4 Å². The van der Waals surface area contributed by atoms with E-state index in [1.165, 1.54) is 0 Å². The Hall–Kier alpha value is -2.37. The number of aromatic nitrogens is 3. The van der Waals surface area contributed by atoms with Crippen molar-refractivity contribution in [1.29, 1.82) is 0 Å². The van der Waals surface area contributed by atoms with E-state index >= 15 is 0 Å². The highest BCUT2D eigenvalue weighted by Crippen LogP contribution is 2.22. The molecule has 21 heavy (non-hydrogen) atoms. The fraction of sp³-hybridized carbons (Fsp3) is 0.400. The lowest BCUT2D eigenvalue weighted by Crippen LogP contribution is -2.29. The Balaban J connectivity index is 1.71. The average Bonchev–Trinajstić information content (AvgIpc) is 3.12. The molecule has 110 valence electrons. The second kappa shape index (κ2) is 5.55. The standard InChI is InChI=1S/C15H18N4O2/c1-10-15(21-13-4-6-19(9-13)11(2)20)17-8-14(18-10)12-3-5-16-7-12/h3,5,7-8,13,16H,4,6,9H2,1-2H3. The van der Waals surface area contributed by atoms with Gasteiger partial charge in [0.05, 0.1) is 18.4 Å². The molecule has 0 bridgehead atoms. The van der Waals surface area contributed by atoms with Gasteiger partial charge >= 0.3 is 0 Å². The smallest absolute Gasteiger partial charge is 0.235 e. The molecule has 1 aliphatic heterocycles. The zero-order valence-electron chi connectivity index (χ0n) is 12.2. The number of aromatic amines is 1. The summed E-state index contributed by atoms with van der Waals surface area (Å²) in [6, 6.07) is 1.95. The van der Waals surface area contributed by atoms with Crippen LogP contribution in [0.25, 0.3) is 11.3 Å². The number of hydrogen-bond donors (Lipinski definition) is 1. The predicted molar refractivity (Wildman–Crippen MR) is 77.8 cm³/mol. The van der Waals surface area contributed by atoms with Crippen molar-refractivity contribution in [2.75, 3.05) is 13.1 Å². The van der Waals surface area contributed by atoms with E-state index in [0.29, 0.717) is 12.4 Å². The Morgan fingerprint density at radius 3 is 3.00 bits per heavy atom. The van der Waals surface area contributed by atoms with Gasteiger partial charge in [0, 0.05) is 37.8 Å². The van der Waals surface area contributed by atoms with Crippen molar-refractivity contribution in [3.63, 3.8) is 0 Å². The molecule has 3 rings (SSSR count). The van der Waals surface area contributed by atoms with E-state index in [0.717, 1.165) is 29.9 Å². The lowest BCUT2D eigenvalue weighted by Gasteiger charge is -2.16. The number of carbonyl (C=O) groups is 1. The van der Waals surface area contributed by atoms with Crippen molar-refractivity contribution in [2.45, 2.75) is 26.4 Å². The van der Waals surface area contributed by atoms with Crippen LogP contribution in [0.1, 0.15) is 19.0 Å². The number of aryl methyl sites for hydroxylation is 1. The number of ether oxygens (including phenoxy) is 1. The molecular formula is C15H18N4O2. The Morgan fingerprint density at radius 2 is 2.38 bits per heavy atom. The maximum Gasteiger partial charge on any atom is 0.235 e. The van der Waals surface area contributed by atoms with Crippen molar-refractivity contribution in [1.82, 2.24) is 19.9 Å². The van der Waals surface area contributed by atoms with Crippen LogP contribution in [0.2, 0.25) is 0 Å². The molecule has 1 amide bonds. The summed E-state index contributed by atoms with van der Waals surface area (Å²) in [5.41, 5.74) is 2.58. The first-order valence-corrected chi connectivity index (χ1v) is 7.02. The molecule has 6 nitrogen and oxygen atoms in total. The molecule has 0 aromatic carbocycles. The molecule has 0 saturated carbocycles. The highest BCUT2D eigenvalue weighted by molar-refractivity contribution is 5.73. The highest BCUT2D eigenvalue weighted by Gasteiger charge is 2.26. The molecule has 0 radical (unpaired) electrons. The van der Waals surface area contributed by atoms with Gasteiger partial charge in [-0.25, -0.2) is 9.97 Å². The van der Waals surface area contributed by atoms with Gasteiger partial charge < -0.3 is 14.6 Å². The second-order valence-corrected chi connectivity index (χ2v) is 5.24. The number of nitrogens with one attached hydrogen (secondary N) is 1. The van der Waals surface area contributed by atoms with E-state index < -0.39 is 0 Å². The predicted octanol–water partition coefficient (Wildman–Crippen LogP) is 1.78. The van der Waals surface area contributed by atoms with Crippen LogP contribution in [0.3, 0.4) is 0 Å². The molecule has 2 aromatic rings. The van der Waals surface area contributed by atoms with Gasteiger partial charge in [-0.3, -0.25) is 4.79 Å². The summed E-state index contributed by atoms with van der Waals surface area (Å²) < 4.78 is 5.88. The van der Waals surface area contributed by atoms with Gasteiger partial charge in [-0.15, -0.1) is 0 Å². The van der Waals surface area contributed by atoms with Crippen LogP contribution in [0.15, 0.2) is 24.7 Å². The number of nitrogens with zero attached hydrogens (tertiary/aromatic N) is 3.